The Balaban J connectivity index is 2.32. The molecule has 1 aliphatic heterocycles. The smallest absolute Gasteiger partial charge is 0.249 e. The van der Waals surface area contributed by atoms with E-state index in [1.165, 1.54) is 0 Å². The molecule has 0 saturated carbocycles. The quantitative estimate of drug-likeness (QED) is 0.830. The molecule has 1 saturated heterocycles. The predicted octanol–water partition coefficient (Wildman–Crippen LogP) is 2.45. The average molecular weight is 281 g/mol. The Bertz CT molecular complexity index is 449. The maximum atomic E-state index is 11.5. The maximum absolute atomic E-state index is 11.5. The molecule has 1 fully saturated rings. The highest BCUT2D eigenvalue weighted by molar-refractivity contribution is 9.10. The van der Waals surface area contributed by atoms with Crippen LogP contribution >= 0.6 is 15.9 Å². The number of carbonyl (C=O) groups excluding carboxylic acids is 1. The summed E-state index contributed by atoms with van der Waals surface area (Å²) in [5.74, 6) is -0.00383. The molecule has 1 heterocycles. The number of carbonyl (C=O) groups is 1. The van der Waals surface area contributed by atoms with Crippen molar-refractivity contribution in [2.75, 3.05) is 0 Å². The lowest BCUT2D eigenvalue weighted by atomic mass is 9.89. The normalized spacial score (nSPS) is 20.7. The molecule has 3 nitrogen and oxygen atoms in total. The highest BCUT2D eigenvalue weighted by Crippen LogP contribution is 2.29. The standard InChI is InChI=1S/C12H13BrN2O/c1-12(2)10(14-15-11(12)16)7-8-3-5-9(13)6-4-8/h3-7,14H,1-2H3,(H,15,16)/b10-7-. The topological polar surface area (TPSA) is 41.1 Å². The maximum Gasteiger partial charge on any atom is 0.249 e. The Labute approximate surface area is 103 Å². The van der Waals surface area contributed by atoms with Crippen LogP contribution in [0.25, 0.3) is 6.08 Å². The summed E-state index contributed by atoms with van der Waals surface area (Å²) in [4.78, 5) is 11.5. The Hall–Kier alpha value is -1.29. The molecule has 0 unspecified atom stereocenters. The molecule has 16 heavy (non-hydrogen) atoms. The Morgan fingerprint density at radius 2 is 1.81 bits per heavy atom. The summed E-state index contributed by atoms with van der Waals surface area (Å²) in [6.07, 6.45) is 1.98. The van der Waals surface area contributed by atoms with Crippen LogP contribution in [0.5, 0.6) is 0 Å². The molecule has 0 atom stereocenters. The first-order valence-electron chi connectivity index (χ1n) is 5.04. The van der Waals surface area contributed by atoms with E-state index < -0.39 is 5.41 Å². The average Bonchev–Trinajstić information content (AvgIpc) is 2.48. The van der Waals surface area contributed by atoms with E-state index in [0.29, 0.717) is 0 Å². The second-order valence-electron chi connectivity index (χ2n) is 4.31. The first-order chi connectivity index (χ1) is 7.50. The van der Waals surface area contributed by atoms with Crippen molar-refractivity contribution in [2.45, 2.75) is 13.8 Å². The van der Waals surface area contributed by atoms with Gasteiger partial charge in [0, 0.05) is 10.2 Å². The van der Waals surface area contributed by atoms with E-state index in [1.54, 1.807) is 0 Å². The predicted molar refractivity (Wildman–Crippen MR) is 67.2 cm³/mol. The third-order valence-corrected chi connectivity index (χ3v) is 3.26. The molecule has 1 aliphatic rings. The minimum atomic E-state index is -0.493. The zero-order chi connectivity index (χ0) is 11.8. The Morgan fingerprint density at radius 3 is 2.31 bits per heavy atom. The number of hydrazine groups is 1. The SMILES string of the molecule is CC1(C)C(=O)NN/C1=C\c1ccc(Br)cc1. The summed E-state index contributed by atoms with van der Waals surface area (Å²) in [5.41, 5.74) is 7.00. The molecule has 0 radical (unpaired) electrons. The Kier molecular flexibility index (Phi) is 2.76. The van der Waals surface area contributed by atoms with Gasteiger partial charge in [-0.2, -0.15) is 0 Å². The van der Waals surface area contributed by atoms with Gasteiger partial charge in [-0.1, -0.05) is 28.1 Å². The van der Waals surface area contributed by atoms with Crippen LogP contribution in [0.1, 0.15) is 19.4 Å². The van der Waals surface area contributed by atoms with Crippen molar-refractivity contribution in [3.63, 3.8) is 0 Å². The summed E-state index contributed by atoms with van der Waals surface area (Å²) in [5, 5.41) is 0. The van der Waals surface area contributed by atoms with Gasteiger partial charge in [0.05, 0.1) is 5.41 Å². The first-order valence-corrected chi connectivity index (χ1v) is 5.83. The van der Waals surface area contributed by atoms with Crippen LogP contribution in [0.3, 0.4) is 0 Å². The fourth-order valence-corrected chi connectivity index (χ4v) is 1.77. The van der Waals surface area contributed by atoms with E-state index in [-0.39, 0.29) is 5.91 Å². The first kappa shape index (κ1) is 11.2. The second-order valence-corrected chi connectivity index (χ2v) is 5.23. The zero-order valence-electron chi connectivity index (χ0n) is 9.17. The van der Waals surface area contributed by atoms with Crippen LogP contribution in [-0.2, 0) is 4.79 Å². The minimum Gasteiger partial charge on any atom is -0.302 e. The minimum absolute atomic E-state index is 0.00383. The molecule has 2 rings (SSSR count). The lowest BCUT2D eigenvalue weighted by Crippen LogP contribution is -2.28. The van der Waals surface area contributed by atoms with Crippen LogP contribution < -0.4 is 10.9 Å². The van der Waals surface area contributed by atoms with Crippen LogP contribution in [0.4, 0.5) is 0 Å². The van der Waals surface area contributed by atoms with Crippen LogP contribution in [0.2, 0.25) is 0 Å². The molecule has 1 aromatic carbocycles. The molecule has 1 amide bonds. The molecule has 0 spiro atoms. The number of halogens is 1. The summed E-state index contributed by atoms with van der Waals surface area (Å²) in [7, 11) is 0. The molecule has 0 aromatic heterocycles. The van der Waals surface area contributed by atoms with E-state index >= 15 is 0 Å². The monoisotopic (exact) mass is 280 g/mol. The number of hydrogen-bond acceptors (Lipinski definition) is 2. The number of nitrogens with one attached hydrogen (secondary N) is 2. The van der Waals surface area contributed by atoms with Crippen molar-refractivity contribution < 1.29 is 4.79 Å². The molecule has 4 heteroatoms. The van der Waals surface area contributed by atoms with Gasteiger partial charge in [0.1, 0.15) is 0 Å². The molecular formula is C12H13BrN2O. The lowest BCUT2D eigenvalue weighted by Gasteiger charge is -2.14. The van der Waals surface area contributed by atoms with Gasteiger partial charge >= 0.3 is 0 Å². The second kappa shape index (κ2) is 3.94. The van der Waals surface area contributed by atoms with Gasteiger partial charge < -0.3 is 5.43 Å². The van der Waals surface area contributed by atoms with E-state index in [9.17, 15) is 4.79 Å². The van der Waals surface area contributed by atoms with Crippen molar-refractivity contribution in [3.8, 4) is 0 Å². The number of benzene rings is 1. The largest absolute Gasteiger partial charge is 0.302 e. The van der Waals surface area contributed by atoms with E-state index in [1.807, 2.05) is 44.2 Å². The number of amides is 1. The van der Waals surface area contributed by atoms with Crippen LogP contribution in [-0.4, -0.2) is 5.91 Å². The summed E-state index contributed by atoms with van der Waals surface area (Å²) in [6, 6.07) is 7.95. The third-order valence-electron chi connectivity index (χ3n) is 2.73. The molecule has 84 valence electrons. The third kappa shape index (κ3) is 1.97. The molecule has 0 bridgehead atoms. The zero-order valence-corrected chi connectivity index (χ0v) is 10.8. The highest BCUT2D eigenvalue weighted by atomic mass is 79.9. The Morgan fingerprint density at radius 1 is 1.19 bits per heavy atom. The summed E-state index contributed by atoms with van der Waals surface area (Å²) < 4.78 is 1.04. The summed E-state index contributed by atoms with van der Waals surface area (Å²) >= 11 is 3.39. The van der Waals surface area contributed by atoms with Crippen molar-refractivity contribution >= 4 is 27.9 Å². The number of hydrogen-bond donors (Lipinski definition) is 2. The van der Waals surface area contributed by atoms with Gasteiger partial charge in [-0.05, 0) is 37.6 Å². The number of rotatable bonds is 1. The summed E-state index contributed by atoms with van der Waals surface area (Å²) in [6.45, 7) is 3.79. The van der Waals surface area contributed by atoms with Crippen molar-refractivity contribution in [3.05, 3.63) is 40.0 Å². The lowest BCUT2D eigenvalue weighted by molar-refractivity contribution is -0.125. The van der Waals surface area contributed by atoms with Gasteiger partial charge in [0.15, 0.2) is 0 Å². The van der Waals surface area contributed by atoms with Gasteiger partial charge in [-0.3, -0.25) is 10.2 Å². The van der Waals surface area contributed by atoms with Gasteiger partial charge in [-0.25, -0.2) is 0 Å². The van der Waals surface area contributed by atoms with E-state index in [4.69, 9.17) is 0 Å². The van der Waals surface area contributed by atoms with Gasteiger partial charge in [0.25, 0.3) is 0 Å². The van der Waals surface area contributed by atoms with Gasteiger partial charge in [-0.15, -0.1) is 0 Å². The van der Waals surface area contributed by atoms with Crippen molar-refractivity contribution in [1.82, 2.24) is 10.9 Å². The molecule has 1 aromatic rings. The fraction of sp³-hybridized carbons (Fsp3) is 0.250. The molecule has 2 N–H and O–H groups in total. The van der Waals surface area contributed by atoms with Crippen molar-refractivity contribution in [2.24, 2.45) is 5.41 Å². The van der Waals surface area contributed by atoms with E-state index in [2.05, 4.69) is 26.8 Å². The van der Waals surface area contributed by atoms with Crippen molar-refractivity contribution in [1.29, 1.82) is 0 Å². The van der Waals surface area contributed by atoms with Gasteiger partial charge in [0.2, 0.25) is 5.91 Å². The highest BCUT2D eigenvalue weighted by Gasteiger charge is 2.37. The fourth-order valence-electron chi connectivity index (χ4n) is 1.50. The van der Waals surface area contributed by atoms with E-state index in [0.717, 1.165) is 15.7 Å². The van der Waals surface area contributed by atoms with Crippen LogP contribution in [0, 0.1) is 5.41 Å². The van der Waals surface area contributed by atoms with Crippen LogP contribution in [0.15, 0.2) is 34.4 Å². The molecular weight excluding hydrogens is 268 g/mol. The molecule has 0 aliphatic carbocycles.